The fraction of sp³-hybridized carbons (Fsp3) is 0.0833. The van der Waals surface area contributed by atoms with Gasteiger partial charge in [-0.25, -0.2) is 0 Å². The van der Waals surface area contributed by atoms with E-state index in [4.69, 9.17) is 4.74 Å². The Morgan fingerprint density at radius 3 is 2.47 bits per heavy atom. The second-order valence-electron chi connectivity index (χ2n) is 3.49. The van der Waals surface area contributed by atoms with Crippen LogP contribution in [0.4, 0.5) is 5.69 Å². The molecular weight excluding hydrogens is 220 g/mol. The molecule has 0 atom stereocenters. The van der Waals surface area contributed by atoms with Gasteiger partial charge >= 0.3 is 0 Å². The Labute approximate surface area is 97.8 Å². The lowest BCUT2D eigenvalue weighted by Crippen LogP contribution is -1.89. The Bertz CT molecular complexity index is 538. The molecule has 0 spiro atoms. The van der Waals surface area contributed by atoms with Crippen LogP contribution >= 0.6 is 0 Å². The molecular formula is C12H10N2O3. The summed E-state index contributed by atoms with van der Waals surface area (Å²) in [5.41, 5.74) is 0.896. The summed E-state index contributed by atoms with van der Waals surface area (Å²) in [6.07, 6.45) is 1.65. The summed E-state index contributed by atoms with van der Waals surface area (Å²) < 4.78 is 5.53. The topological polar surface area (TPSA) is 65.3 Å². The first-order valence-electron chi connectivity index (χ1n) is 5.00. The molecule has 0 radical (unpaired) electrons. The number of pyridine rings is 1. The lowest BCUT2D eigenvalue weighted by Gasteiger charge is -2.05. The summed E-state index contributed by atoms with van der Waals surface area (Å²) in [4.78, 5) is 14.1. The van der Waals surface area contributed by atoms with Gasteiger partial charge in [0.1, 0.15) is 11.5 Å². The molecule has 0 saturated heterocycles. The molecule has 17 heavy (non-hydrogen) atoms. The maximum absolute atomic E-state index is 10.5. The molecule has 1 aromatic heterocycles. The van der Waals surface area contributed by atoms with Crippen molar-refractivity contribution in [1.82, 2.24) is 4.98 Å². The molecule has 0 aliphatic heterocycles. The number of nitro groups is 1. The Morgan fingerprint density at radius 2 is 1.88 bits per heavy atom. The van der Waals surface area contributed by atoms with Crippen molar-refractivity contribution in [3.63, 3.8) is 0 Å². The highest BCUT2D eigenvalue weighted by atomic mass is 16.6. The number of aromatic nitrogens is 1. The maximum atomic E-state index is 10.5. The van der Waals surface area contributed by atoms with Crippen LogP contribution in [-0.2, 0) is 0 Å². The van der Waals surface area contributed by atoms with Gasteiger partial charge < -0.3 is 4.74 Å². The van der Waals surface area contributed by atoms with Crippen LogP contribution in [0.1, 0.15) is 5.69 Å². The van der Waals surface area contributed by atoms with Gasteiger partial charge in [0, 0.05) is 30.1 Å². The zero-order chi connectivity index (χ0) is 12.3. The van der Waals surface area contributed by atoms with Crippen molar-refractivity contribution in [3.05, 3.63) is 58.4 Å². The van der Waals surface area contributed by atoms with Gasteiger partial charge in [0.2, 0.25) is 0 Å². The van der Waals surface area contributed by atoms with E-state index in [9.17, 15) is 10.1 Å². The summed E-state index contributed by atoms with van der Waals surface area (Å²) in [6.45, 7) is 1.86. The van der Waals surface area contributed by atoms with E-state index in [2.05, 4.69) is 4.98 Å². The minimum Gasteiger partial charge on any atom is -0.457 e. The largest absolute Gasteiger partial charge is 0.457 e. The number of hydrogen-bond donors (Lipinski definition) is 0. The Balaban J connectivity index is 2.16. The summed E-state index contributed by atoms with van der Waals surface area (Å²) in [5.74, 6) is 1.22. The van der Waals surface area contributed by atoms with E-state index in [-0.39, 0.29) is 5.69 Å². The normalized spacial score (nSPS) is 9.94. The van der Waals surface area contributed by atoms with Crippen LogP contribution < -0.4 is 4.74 Å². The summed E-state index contributed by atoms with van der Waals surface area (Å²) in [5, 5.41) is 10.5. The molecule has 0 saturated carbocycles. The van der Waals surface area contributed by atoms with Crippen LogP contribution in [0.15, 0.2) is 42.6 Å². The van der Waals surface area contributed by atoms with Crippen molar-refractivity contribution in [2.75, 3.05) is 0 Å². The number of nitrogens with zero attached hydrogens (tertiary/aromatic N) is 2. The summed E-state index contributed by atoms with van der Waals surface area (Å²) in [6, 6.07) is 9.46. The Morgan fingerprint density at radius 1 is 1.18 bits per heavy atom. The molecule has 0 amide bonds. The molecule has 0 fully saturated rings. The van der Waals surface area contributed by atoms with Crippen LogP contribution in [0.5, 0.6) is 11.5 Å². The van der Waals surface area contributed by atoms with Crippen molar-refractivity contribution >= 4 is 5.69 Å². The second kappa shape index (κ2) is 4.61. The molecule has 5 nitrogen and oxygen atoms in total. The third-order valence-corrected chi connectivity index (χ3v) is 2.15. The Kier molecular flexibility index (Phi) is 3.00. The molecule has 0 bridgehead atoms. The molecule has 0 aliphatic rings. The summed E-state index contributed by atoms with van der Waals surface area (Å²) >= 11 is 0. The van der Waals surface area contributed by atoms with E-state index >= 15 is 0 Å². The van der Waals surface area contributed by atoms with E-state index < -0.39 is 4.92 Å². The van der Waals surface area contributed by atoms with Gasteiger partial charge in [-0.2, -0.15) is 0 Å². The number of benzene rings is 1. The molecule has 1 aromatic carbocycles. The predicted molar refractivity (Wildman–Crippen MR) is 62.1 cm³/mol. The minimum absolute atomic E-state index is 0.0447. The average molecular weight is 230 g/mol. The van der Waals surface area contributed by atoms with Crippen molar-refractivity contribution in [1.29, 1.82) is 0 Å². The standard InChI is InChI=1S/C12H10N2O3/c1-9-8-12(6-7-13-9)17-11-4-2-10(3-5-11)14(15)16/h2-8H,1H3. The van der Waals surface area contributed by atoms with E-state index in [1.807, 2.05) is 6.92 Å². The van der Waals surface area contributed by atoms with E-state index in [0.717, 1.165) is 5.69 Å². The third kappa shape index (κ3) is 2.78. The summed E-state index contributed by atoms with van der Waals surface area (Å²) in [7, 11) is 0. The molecule has 1 heterocycles. The van der Waals surface area contributed by atoms with Crippen LogP contribution in [0, 0.1) is 17.0 Å². The van der Waals surface area contributed by atoms with Gasteiger partial charge in [-0.1, -0.05) is 0 Å². The van der Waals surface area contributed by atoms with Gasteiger partial charge in [0.05, 0.1) is 4.92 Å². The molecule has 86 valence electrons. The van der Waals surface area contributed by atoms with Crippen LogP contribution in [0.3, 0.4) is 0 Å². The number of hydrogen-bond acceptors (Lipinski definition) is 4. The highest BCUT2D eigenvalue weighted by molar-refractivity contribution is 5.38. The zero-order valence-electron chi connectivity index (χ0n) is 9.16. The first-order valence-corrected chi connectivity index (χ1v) is 5.00. The number of non-ortho nitro benzene ring substituents is 1. The molecule has 5 heteroatoms. The smallest absolute Gasteiger partial charge is 0.269 e. The zero-order valence-corrected chi connectivity index (χ0v) is 9.16. The highest BCUT2D eigenvalue weighted by Gasteiger charge is 2.04. The third-order valence-electron chi connectivity index (χ3n) is 2.15. The number of aryl methyl sites for hydroxylation is 1. The number of ether oxygens (including phenoxy) is 1. The van der Waals surface area contributed by atoms with Crippen molar-refractivity contribution in [2.45, 2.75) is 6.92 Å². The minimum atomic E-state index is -0.444. The number of rotatable bonds is 3. The van der Waals surface area contributed by atoms with E-state index in [1.54, 1.807) is 30.5 Å². The molecule has 0 unspecified atom stereocenters. The molecule has 0 N–H and O–H groups in total. The fourth-order valence-electron chi connectivity index (χ4n) is 1.36. The van der Waals surface area contributed by atoms with Crippen molar-refractivity contribution in [3.8, 4) is 11.5 Å². The molecule has 2 rings (SSSR count). The first kappa shape index (κ1) is 11.1. The quantitative estimate of drug-likeness (QED) is 0.600. The SMILES string of the molecule is Cc1cc(Oc2ccc([N+](=O)[O-])cc2)ccn1. The van der Waals surface area contributed by atoms with E-state index in [0.29, 0.717) is 11.5 Å². The first-order chi connectivity index (χ1) is 8.15. The van der Waals surface area contributed by atoms with Gasteiger partial charge in [0.25, 0.3) is 5.69 Å². The predicted octanol–water partition coefficient (Wildman–Crippen LogP) is 3.09. The second-order valence-corrected chi connectivity index (χ2v) is 3.49. The lowest BCUT2D eigenvalue weighted by molar-refractivity contribution is -0.384. The van der Waals surface area contributed by atoms with Crippen LogP contribution in [0.2, 0.25) is 0 Å². The average Bonchev–Trinajstić information content (AvgIpc) is 2.29. The highest BCUT2D eigenvalue weighted by Crippen LogP contribution is 2.23. The Hall–Kier alpha value is -2.43. The van der Waals surface area contributed by atoms with Crippen LogP contribution in [-0.4, -0.2) is 9.91 Å². The lowest BCUT2D eigenvalue weighted by atomic mass is 10.3. The van der Waals surface area contributed by atoms with Crippen molar-refractivity contribution in [2.24, 2.45) is 0 Å². The van der Waals surface area contributed by atoms with Crippen LogP contribution in [0.25, 0.3) is 0 Å². The fourth-order valence-corrected chi connectivity index (χ4v) is 1.36. The van der Waals surface area contributed by atoms with E-state index in [1.165, 1.54) is 12.1 Å². The monoisotopic (exact) mass is 230 g/mol. The van der Waals surface area contributed by atoms with Gasteiger partial charge in [-0.15, -0.1) is 0 Å². The number of nitro benzene ring substituents is 1. The van der Waals surface area contributed by atoms with Gasteiger partial charge in [0.15, 0.2) is 0 Å². The van der Waals surface area contributed by atoms with Gasteiger partial charge in [-0.05, 0) is 25.1 Å². The van der Waals surface area contributed by atoms with Crippen molar-refractivity contribution < 1.29 is 9.66 Å². The molecule has 0 aliphatic carbocycles. The van der Waals surface area contributed by atoms with Gasteiger partial charge in [-0.3, -0.25) is 15.1 Å². The molecule has 2 aromatic rings. The maximum Gasteiger partial charge on any atom is 0.269 e.